The first-order valence-corrected chi connectivity index (χ1v) is 11.9. The van der Waals surface area contributed by atoms with E-state index in [1.807, 2.05) is 39.3 Å². The molecule has 13 heteroatoms. The van der Waals surface area contributed by atoms with Gasteiger partial charge in [-0.15, -0.1) is 0 Å². The van der Waals surface area contributed by atoms with Crippen molar-refractivity contribution >= 4 is 17.9 Å². The molecule has 3 aromatic rings. The Morgan fingerprint density at radius 3 is 2.59 bits per heavy atom. The Morgan fingerprint density at radius 1 is 1.28 bits per heavy atom. The smallest absolute Gasteiger partial charge is 0.285 e. The van der Waals surface area contributed by atoms with Crippen LogP contribution in [0.1, 0.15) is 51.5 Å². The number of pyridine rings is 1. The van der Waals surface area contributed by atoms with Crippen LogP contribution >= 0.6 is 0 Å². The van der Waals surface area contributed by atoms with Crippen LogP contribution in [0.5, 0.6) is 5.75 Å². The molecule has 0 saturated heterocycles. The number of aromatic hydroxyl groups is 1. The quantitative estimate of drug-likeness (QED) is 0.168. The summed E-state index contributed by atoms with van der Waals surface area (Å²) in [6.07, 6.45) is 1.98. The molecule has 4 N–H and O–H groups in total. The highest BCUT2D eigenvalue weighted by atomic mass is 19.3. The third kappa shape index (κ3) is 8.42. The number of alkyl halides is 2. The molecule has 2 heterocycles. The fourth-order valence-electron chi connectivity index (χ4n) is 3.37. The van der Waals surface area contributed by atoms with E-state index in [1.165, 1.54) is 24.4 Å². The number of hydrogen-bond acceptors (Lipinski definition) is 8. The maximum atomic E-state index is 12.8. The summed E-state index contributed by atoms with van der Waals surface area (Å²) in [4.78, 5) is 26.8. The van der Waals surface area contributed by atoms with Crippen LogP contribution in [-0.4, -0.2) is 51.6 Å². The van der Waals surface area contributed by atoms with Gasteiger partial charge >= 0.3 is 0 Å². The van der Waals surface area contributed by atoms with Gasteiger partial charge in [0.1, 0.15) is 12.2 Å². The third-order valence-corrected chi connectivity index (χ3v) is 5.21. The Morgan fingerprint density at radius 2 is 2.00 bits per heavy atom. The first-order valence-electron chi connectivity index (χ1n) is 11.9. The molecule has 0 aliphatic heterocycles. The first-order chi connectivity index (χ1) is 18.4. The third-order valence-electron chi connectivity index (χ3n) is 5.21. The zero-order valence-corrected chi connectivity index (χ0v) is 22.4. The molecule has 1 amide bonds. The number of benzene rings is 1. The molecule has 208 valence electrons. The van der Waals surface area contributed by atoms with E-state index < -0.39 is 11.6 Å². The van der Waals surface area contributed by atoms with Gasteiger partial charge in [-0.1, -0.05) is 17.9 Å². The number of hydrogen-bond donors (Lipinski definition) is 4. The van der Waals surface area contributed by atoms with E-state index in [9.17, 15) is 23.5 Å². The van der Waals surface area contributed by atoms with E-state index in [0.29, 0.717) is 25.4 Å². The number of aromatic nitrogens is 3. The molecule has 0 saturated carbocycles. The molecule has 0 radical (unpaired) electrons. The van der Waals surface area contributed by atoms with Gasteiger partial charge in [-0.05, 0) is 56.2 Å². The number of carbonyl (C=O) groups excluding carboxylic acids is 2. The van der Waals surface area contributed by atoms with Gasteiger partial charge in [0.15, 0.2) is 17.9 Å². The number of aryl methyl sites for hydroxylation is 2. The molecular weight excluding hydrogens is 510 g/mol. The van der Waals surface area contributed by atoms with Crippen LogP contribution in [0, 0.1) is 13.8 Å². The Hall–Kier alpha value is -4.68. The van der Waals surface area contributed by atoms with Crippen molar-refractivity contribution < 1.29 is 23.5 Å². The van der Waals surface area contributed by atoms with Crippen molar-refractivity contribution in [2.75, 3.05) is 18.9 Å². The van der Waals surface area contributed by atoms with Gasteiger partial charge in [0, 0.05) is 32.4 Å². The fraction of sp³-hybridized carbons (Fsp3) is 0.308. The number of carbonyl (C=O) groups is 2. The molecule has 0 aliphatic rings. The lowest BCUT2D eigenvalue weighted by Crippen LogP contribution is -2.24. The molecule has 3 rings (SSSR count). The van der Waals surface area contributed by atoms with Crippen LogP contribution in [0.4, 0.5) is 14.5 Å². The lowest BCUT2D eigenvalue weighted by molar-refractivity contribution is 0.0559. The maximum Gasteiger partial charge on any atom is 0.285 e. The average Bonchev–Trinajstić information content (AvgIpc) is 3.29. The number of allylic oxidation sites excluding steroid dienone is 1. The van der Waals surface area contributed by atoms with Crippen molar-refractivity contribution in [2.45, 2.75) is 40.2 Å². The number of nitrogens with one attached hydrogen (secondary N) is 3. The maximum absolute atomic E-state index is 12.8. The number of halogens is 2. The average molecular weight is 543 g/mol. The fourth-order valence-corrected chi connectivity index (χ4v) is 3.37. The predicted octanol–water partition coefficient (Wildman–Crippen LogP) is 4.51. The monoisotopic (exact) mass is 542 g/mol. The Balaban J connectivity index is 0.000000306. The largest absolute Gasteiger partial charge is 0.504 e. The molecule has 0 bridgehead atoms. The van der Waals surface area contributed by atoms with E-state index in [0.717, 1.165) is 27.1 Å². The number of amides is 1. The van der Waals surface area contributed by atoms with E-state index >= 15 is 0 Å². The van der Waals surface area contributed by atoms with E-state index in [4.69, 9.17) is 0 Å². The lowest BCUT2D eigenvalue weighted by atomic mass is 10.0. The zero-order valence-electron chi connectivity index (χ0n) is 22.4. The summed E-state index contributed by atoms with van der Waals surface area (Å²) in [6, 6.07) is 8.32. The number of nitrogens with zero attached hydrogens (tertiary/aromatic N) is 5. The van der Waals surface area contributed by atoms with Gasteiger partial charge < -0.3 is 15.7 Å². The standard InChI is InChI=1S/C14H14F2N6O2.C12H18N2O/c1-9(14(2,15)16)19-21-18-7-10-6-11(8-23)22(20-10)13-12(24)4-3-5-17-13;1-5-14-12(15)10-7-8(2)6-9(3)11(10)13-4/h3-6,8,24H,1,7H2,2H3,(H,18,19);6-7,13H,5H2,1-4H3,(H,14,15). The lowest BCUT2D eigenvalue weighted by Gasteiger charge is -2.13. The number of aldehydes is 1. The van der Waals surface area contributed by atoms with Crippen LogP contribution in [0.15, 0.2) is 59.1 Å². The summed E-state index contributed by atoms with van der Waals surface area (Å²) in [5.41, 5.74) is 5.74. The summed E-state index contributed by atoms with van der Waals surface area (Å²) in [6.45, 7) is 10.3. The molecule has 0 aliphatic carbocycles. The van der Waals surface area contributed by atoms with Gasteiger partial charge in [-0.2, -0.15) is 19.0 Å². The van der Waals surface area contributed by atoms with Crippen LogP contribution in [0.25, 0.3) is 5.82 Å². The van der Waals surface area contributed by atoms with Crippen molar-refractivity contribution in [3.8, 4) is 11.6 Å². The summed E-state index contributed by atoms with van der Waals surface area (Å²) in [5.74, 6) is -3.21. The van der Waals surface area contributed by atoms with Gasteiger partial charge in [-0.3, -0.25) is 15.0 Å². The summed E-state index contributed by atoms with van der Waals surface area (Å²) < 4.78 is 26.8. The summed E-state index contributed by atoms with van der Waals surface area (Å²) in [5, 5.41) is 26.8. The van der Waals surface area contributed by atoms with Gasteiger partial charge in [0.05, 0.1) is 17.0 Å². The highest BCUT2D eigenvalue weighted by molar-refractivity contribution is 6.00. The molecule has 0 atom stereocenters. The normalized spacial score (nSPS) is 10.9. The number of anilines is 1. The highest BCUT2D eigenvalue weighted by Gasteiger charge is 2.25. The second-order valence-electron chi connectivity index (χ2n) is 8.43. The van der Waals surface area contributed by atoms with E-state index in [2.05, 4.69) is 43.7 Å². The molecule has 0 unspecified atom stereocenters. The SMILES string of the molecule is C=C(NN=NCc1cc(C=O)n(-c2ncccc2O)n1)C(C)(F)F.CCNC(=O)c1cc(C)cc(C)c1NC. The molecule has 0 fully saturated rings. The minimum atomic E-state index is -3.12. The van der Waals surface area contributed by atoms with Crippen LogP contribution in [0.2, 0.25) is 0 Å². The molecule has 39 heavy (non-hydrogen) atoms. The minimum absolute atomic E-state index is 0.0198. The van der Waals surface area contributed by atoms with Gasteiger partial charge in [-0.25, -0.2) is 9.67 Å². The van der Waals surface area contributed by atoms with Crippen molar-refractivity contribution in [3.63, 3.8) is 0 Å². The summed E-state index contributed by atoms with van der Waals surface area (Å²) in [7, 11) is 1.83. The number of rotatable bonds is 10. The molecule has 0 spiro atoms. The van der Waals surface area contributed by atoms with Crippen molar-refractivity contribution in [1.82, 2.24) is 25.5 Å². The zero-order chi connectivity index (χ0) is 29.2. The topological polar surface area (TPSA) is 146 Å². The van der Waals surface area contributed by atoms with E-state index in [1.54, 1.807) is 0 Å². The van der Waals surface area contributed by atoms with Crippen molar-refractivity contribution in [3.05, 3.63) is 76.9 Å². The molecular formula is C26H32F2N8O3. The van der Waals surface area contributed by atoms with Crippen LogP contribution < -0.4 is 16.1 Å². The second-order valence-corrected chi connectivity index (χ2v) is 8.43. The molecule has 1 aromatic carbocycles. The Kier molecular flexibility index (Phi) is 10.8. The second kappa shape index (κ2) is 13.7. The van der Waals surface area contributed by atoms with Gasteiger partial charge in [0.2, 0.25) is 0 Å². The predicted molar refractivity (Wildman–Crippen MR) is 143 cm³/mol. The first kappa shape index (κ1) is 30.5. The molecule has 2 aromatic heterocycles. The van der Waals surface area contributed by atoms with Gasteiger partial charge in [0.25, 0.3) is 11.8 Å². The van der Waals surface area contributed by atoms with Crippen LogP contribution in [0.3, 0.4) is 0 Å². The Labute approximate surface area is 225 Å². The van der Waals surface area contributed by atoms with Crippen molar-refractivity contribution in [2.24, 2.45) is 10.3 Å². The minimum Gasteiger partial charge on any atom is -0.504 e. The van der Waals surface area contributed by atoms with Crippen LogP contribution in [-0.2, 0) is 6.54 Å². The highest BCUT2D eigenvalue weighted by Crippen LogP contribution is 2.22. The molecule has 11 nitrogen and oxygen atoms in total. The van der Waals surface area contributed by atoms with Crippen molar-refractivity contribution in [1.29, 1.82) is 0 Å². The Bertz CT molecular complexity index is 1350. The summed E-state index contributed by atoms with van der Waals surface area (Å²) >= 11 is 0. The van der Waals surface area contributed by atoms with E-state index in [-0.39, 0.29) is 29.7 Å².